The van der Waals surface area contributed by atoms with Crippen LogP contribution in [0.25, 0.3) is 0 Å². The van der Waals surface area contributed by atoms with Crippen molar-refractivity contribution >= 4 is 11.7 Å². The highest BCUT2D eigenvalue weighted by atomic mass is 15.1. The fourth-order valence-corrected chi connectivity index (χ4v) is 3.44. The van der Waals surface area contributed by atoms with Crippen LogP contribution in [0.2, 0.25) is 0 Å². The first-order valence-electron chi connectivity index (χ1n) is 7.50. The molecule has 0 saturated heterocycles. The molecular formula is C14H24N4. The molecule has 0 atom stereocenters. The van der Waals surface area contributed by atoms with Gasteiger partial charge in [0.15, 0.2) is 0 Å². The molecule has 1 saturated carbocycles. The quantitative estimate of drug-likeness (QED) is 0.779. The van der Waals surface area contributed by atoms with Crippen molar-refractivity contribution in [1.29, 1.82) is 0 Å². The molecule has 2 N–H and O–H groups in total. The molecule has 2 heterocycles. The van der Waals surface area contributed by atoms with E-state index in [-0.39, 0.29) is 0 Å². The van der Waals surface area contributed by atoms with E-state index < -0.39 is 0 Å². The van der Waals surface area contributed by atoms with E-state index >= 15 is 0 Å². The van der Waals surface area contributed by atoms with E-state index in [9.17, 15) is 0 Å². The maximum Gasteiger partial charge on any atom is 0.0995 e. The van der Waals surface area contributed by atoms with E-state index in [4.69, 9.17) is 0 Å². The van der Waals surface area contributed by atoms with Gasteiger partial charge in [0.25, 0.3) is 0 Å². The van der Waals surface area contributed by atoms with Crippen LogP contribution in [-0.2, 0) is 0 Å². The monoisotopic (exact) mass is 248 g/mol. The molecule has 0 unspecified atom stereocenters. The molecule has 1 aliphatic carbocycles. The molecule has 4 heteroatoms. The minimum atomic E-state index is 0.701. The van der Waals surface area contributed by atoms with Gasteiger partial charge in [0, 0.05) is 24.9 Å². The predicted molar refractivity (Wildman–Crippen MR) is 75.3 cm³/mol. The van der Waals surface area contributed by atoms with Crippen LogP contribution in [0, 0.1) is 11.8 Å². The van der Waals surface area contributed by atoms with Gasteiger partial charge in [0.2, 0.25) is 0 Å². The normalized spacial score (nSPS) is 32.9. The van der Waals surface area contributed by atoms with Crippen molar-refractivity contribution in [3.05, 3.63) is 0 Å². The van der Waals surface area contributed by atoms with E-state index in [1.165, 1.54) is 50.2 Å². The molecule has 1 fully saturated rings. The minimum Gasteiger partial charge on any atom is -0.372 e. The molecule has 0 radical (unpaired) electrons. The van der Waals surface area contributed by atoms with Gasteiger partial charge in [-0.25, -0.2) is 0 Å². The Labute approximate surface area is 109 Å². The van der Waals surface area contributed by atoms with Crippen molar-refractivity contribution in [2.45, 2.75) is 38.5 Å². The third-order valence-electron chi connectivity index (χ3n) is 4.38. The average Bonchev–Trinajstić information content (AvgIpc) is 3.01. The van der Waals surface area contributed by atoms with E-state index in [0.29, 0.717) is 11.8 Å². The summed E-state index contributed by atoms with van der Waals surface area (Å²) in [5.41, 5.74) is 0. The molecule has 0 bridgehead atoms. The van der Waals surface area contributed by atoms with Gasteiger partial charge in [-0.15, -0.1) is 0 Å². The molecule has 100 valence electrons. The zero-order valence-corrected chi connectivity index (χ0v) is 11.1. The zero-order valence-electron chi connectivity index (χ0n) is 11.1. The third-order valence-corrected chi connectivity index (χ3v) is 4.38. The van der Waals surface area contributed by atoms with Crippen LogP contribution >= 0.6 is 0 Å². The Hall–Kier alpha value is -1.06. The number of rotatable bonds is 2. The van der Waals surface area contributed by atoms with Crippen LogP contribution < -0.4 is 10.6 Å². The average molecular weight is 248 g/mol. The molecule has 18 heavy (non-hydrogen) atoms. The largest absolute Gasteiger partial charge is 0.372 e. The first kappa shape index (κ1) is 12.0. The molecule has 3 aliphatic rings. The van der Waals surface area contributed by atoms with Crippen LogP contribution in [0.15, 0.2) is 9.98 Å². The van der Waals surface area contributed by atoms with E-state index in [1.807, 2.05) is 0 Å². The topological polar surface area (TPSA) is 48.8 Å². The fraction of sp³-hybridized carbons (Fsp3) is 0.857. The Morgan fingerprint density at radius 2 is 1.17 bits per heavy atom. The van der Waals surface area contributed by atoms with Gasteiger partial charge < -0.3 is 10.6 Å². The van der Waals surface area contributed by atoms with E-state index in [1.54, 1.807) is 0 Å². The van der Waals surface area contributed by atoms with Crippen molar-refractivity contribution in [2.24, 2.45) is 21.8 Å². The highest BCUT2D eigenvalue weighted by molar-refractivity contribution is 5.86. The van der Waals surface area contributed by atoms with Gasteiger partial charge >= 0.3 is 0 Å². The SMILES string of the molecule is C1CC(C2=NCCN2)CCCC(C2=NCCN2)C1. The number of aliphatic imine (C=N–C) groups is 2. The summed E-state index contributed by atoms with van der Waals surface area (Å²) < 4.78 is 0. The lowest BCUT2D eigenvalue weighted by Gasteiger charge is -2.25. The predicted octanol–water partition coefficient (Wildman–Crippen LogP) is 1.58. The first-order valence-corrected chi connectivity index (χ1v) is 7.50. The van der Waals surface area contributed by atoms with Crippen LogP contribution in [0.1, 0.15) is 38.5 Å². The Kier molecular flexibility index (Phi) is 3.81. The van der Waals surface area contributed by atoms with E-state index in [0.717, 1.165) is 26.2 Å². The molecule has 0 aromatic rings. The highest BCUT2D eigenvalue weighted by Crippen LogP contribution is 2.28. The number of nitrogens with zero attached hydrogens (tertiary/aromatic N) is 2. The Bertz CT molecular complexity index is 306. The summed E-state index contributed by atoms with van der Waals surface area (Å²) in [7, 11) is 0. The lowest BCUT2D eigenvalue weighted by molar-refractivity contribution is 0.407. The minimum absolute atomic E-state index is 0.701. The number of hydrogen-bond donors (Lipinski definition) is 2. The third kappa shape index (κ3) is 2.68. The number of hydrogen-bond acceptors (Lipinski definition) is 4. The smallest absolute Gasteiger partial charge is 0.0995 e. The van der Waals surface area contributed by atoms with Crippen LogP contribution in [0.5, 0.6) is 0 Å². The standard InChI is InChI=1S/C14H24N4/c1-3-11(13-15-7-8-16-13)5-2-6-12(4-1)14-17-9-10-18-14/h11-12H,1-10H2,(H,15,16)(H,17,18). The second kappa shape index (κ2) is 5.72. The van der Waals surface area contributed by atoms with Crippen molar-refractivity contribution in [3.8, 4) is 0 Å². The van der Waals surface area contributed by atoms with Crippen molar-refractivity contribution in [3.63, 3.8) is 0 Å². The summed E-state index contributed by atoms with van der Waals surface area (Å²) in [4.78, 5) is 9.20. The van der Waals surface area contributed by atoms with Gasteiger partial charge in [-0.2, -0.15) is 0 Å². The molecule has 4 nitrogen and oxygen atoms in total. The molecule has 0 aromatic carbocycles. The Morgan fingerprint density at radius 1 is 0.722 bits per heavy atom. The fourth-order valence-electron chi connectivity index (χ4n) is 3.44. The van der Waals surface area contributed by atoms with Crippen LogP contribution in [-0.4, -0.2) is 37.9 Å². The lowest BCUT2D eigenvalue weighted by atomic mass is 9.84. The Morgan fingerprint density at radius 3 is 1.50 bits per heavy atom. The van der Waals surface area contributed by atoms with Crippen LogP contribution in [0.4, 0.5) is 0 Å². The molecule has 3 rings (SSSR count). The maximum absolute atomic E-state index is 4.60. The van der Waals surface area contributed by atoms with Gasteiger partial charge in [0.05, 0.1) is 24.8 Å². The van der Waals surface area contributed by atoms with Gasteiger partial charge in [-0.05, 0) is 25.7 Å². The van der Waals surface area contributed by atoms with Crippen molar-refractivity contribution < 1.29 is 0 Å². The zero-order chi connectivity index (χ0) is 12.2. The summed E-state index contributed by atoms with van der Waals surface area (Å²) in [6.07, 6.45) is 7.84. The molecule has 0 amide bonds. The van der Waals surface area contributed by atoms with Crippen molar-refractivity contribution in [2.75, 3.05) is 26.2 Å². The van der Waals surface area contributed by atoms with Gasteiger partial charge in [-0.1, -0.05) is 12.8 Å². The summed E-state index contributed by atoms with van der Waals surface area (Å²) in [6, 6.07) is 0. The van der Waals surface area contributed by atoms with E-state index in [2.05, 4.69) is 20.6 Å². The number of amidine groups is 2. The number of nitrogens with one attached hydrogen (secondary N) is 2. The molecule has 0 aromatic heterocycles. The second-order valence-corrected chi connectivity index (χ2v) is 5.64. The summed E-state index contributed by atoms with van der Waals surface area (Å²) in [6.45, 7) is 4.06. The van der Waals surface area contributed by atoms with Crippen LogP contribution in [0.3, 0.4) is 0 Å². The lowest BCUT2D eigenvalue weighted by Crippen LogP contribution is -2.31. The molecule has 0 spiro atoms. The molecule has 2 aliphatic heterocycles. The highest BCUT2D eigenvalue weighted by Gasteiger charge is 2.25. The summed E-state index contributed by atoms with van der Waals surface area (Å²) >= 11 is 0. The Balaban J connectivity index is 1.54. The first-order chi connectivity index (χ1) is 8.93. The summed E-state index contributed by atoms with van der Waals surface area (Å²) in [5, 5.41) is 6.91. The van der Waals surface area contributed by atoms with Gasteiger partial charge in [-0.3, -0.25) is 9.98 Å². The summed E-state index contributed by atoms with van der Waals surface area (Å²) in [5.74, 6) is 3.99. The molecular weight excluding hydrogens is 224 g/mol. The van der Waals surface area contributed by atoms with Gasteiger partial charge in [0.1, 0.15) is 0 Å². The second-order valence-electron chi connectivity index (χ2n) is 5.64. The van der Waals surface area contributed by atoms with Crippen molar-refractivity contribution in [1.82, 2.24) is 10.6 Å². The maximum atomic E-state index is 4.60.